The average molecular weight is 332 g/mol. The van der Waals surface area contributed by atoms with Gasteiger partial charge in [-0.2, -0.15) is 0 Å². The van der Waals surface area contributed by atoms with Crippen molar-refractivity contribution >= 4 is 11.9 Å². The fraction of sp³-hybridized carbons (Fsp3) is 0.556. The third kappa shape index (κ3) is 5.76. The number of likely N-dealkylation sites (tertiary alicyclic amines) is 1. The zero-order chi connectivity index (χ0) is 17.2. The fourth-order valence-corrected chi connectivity index (χ4v) is 2.60. The smallest absolute Gasteiger partial charge is 0.244 e. The van der Waals surface area contributed by atoms with Crippen LogP contribution < -0.4 is 10.1 Å². The molecule has 0 aliphatic carbocycles. The molecule has 1 aliphatic heterocycles. The Balaban J connectivity index is 1.81. The Bertz CT molecular complexity index is 527. The summed E-state index contributed by atoms with van der Waals surface area (Å²) in [5, 5.41) is 3.23. The molecule has 1 aromatic rings. The summed E-state index contributed by atoms with van der Waals surface area (Å²) in [4.78, 5) is 20.5. The van der Waals surface area contributed by atoms with Gasteiger partial charge in [-0.05, 0) is 31.9 Å². The highest BCUT2D eigenvalue weighted by molar-refractivity contribution is 5.85. The first-order valence-electron chi connectivity index (χ1n) is 8.65. The Labute approximate surface area is 144 Å². The summed E-state index contributed by atoms with van der Waals surface area (Å²) in [6, 6.07) is 9.75. The number of benzene rings is 1. The van der Waals surface area contributed by atoms with Crippen molar-refractivity contribution in [1.29, 1.82) is 0 Å². The number of ether oxygens (including phenoxy) is 1. The number of nitrogens with zero attached hydrogens (tertiary/aromatic N) is 3. The number of aliphatic imine (C=N–C) groups is 1. The maximum Gasteiger partial charge on any atom is 0.244 e. The first-order chi connectivity index (χ1) is 11.7. The van der Waals surface area contributed by atoms with Crippen LogP contribution >= 0.6 is 0 Å². The number of para-hydroxylation sites is 1. The largest absolute Gasteiger partial charge is 0.492 e. The van der Waals surface area contributed by atoms with E-state index < -0.39 is 0 Å². The van der Waals surface area contributed by atoms with Gasteiger partial charge in [0.1, 0.15) is 18.9 Å². The number of hydrogen-bond acceptors (Lipinski definition) is 3. The van der Waals surface area contributed by atoms with Gasteiger partial charge in [-0.15, -0.1) is 0 Å². The molecule has 0 atom stereocenters. The van der Waals surface area contributed by atoms with Gasteiger partial charge < -0.3 is 19.9 Å². The van der Waals surface area contributed by atoms with Crippen LogP contribution in [0.5, 0.6) is 5.75 Å². The van der Waals surface area contributed by atoms with E-state index in [1.807, 2.05) is 54.1 Å². The summed E-state index contributed by atoms with van der Waals surface area (Å²) < 4.78 is 5.71. The molecular weight excluding hydrogens is 304 g/mol. The van der Waals surface area contributed by atoms with Crippen LogP contribution in [0.3, 0.4) is 0 Å². The van der Waals surface area contributed by atoms with E-state index in [0.29, 0.717) is 13.2 Å². The molecule has 2 rings (SSSR count). The highest BCUT2D eigenvalue weighted by Gasteiger charge is 2.17. The molecule has 0 spiro atoms. The Morgan fingerprint density at radius 3 is 2.67 bits per heavy atom. The highest BCUT2D eigenvalue weighted by atomic mass is 16.5. The van der Waals surface area contributed by atoms with Gasteiger partial charge in [0, 0.05) is 26.7 Å². The lowest BCUT2D eigenvalue weighted by Gasteiger charge is -2.22. The molecule has 1 N–H and O–H groups in total. The molecule has 24 heavy (non-hydrogen) atoms. The van der Waals surface area contributed by atoms with Crippen LogP contribution in [0, 0.1) is 0 Å². The number of rotatable bonds is 7. The quantitative estimate of drug-likeness (QED) is 0.608. The maximum absolute atomic E-state index is 12.1. The van der Waals surface area contributed by atoms with Gasteiger partial charge in [0.05, 0.1) is 6.54 Å². The number of hydrogen-bond donors (Lipinski definition) is 1. The molecule has 0 saturated carbocycles. The van der Waals surface area contributed by atoms with Gasteiger partial charge in [-0.3, -0.25) is 4.79 Å². The van der Waals surface area contributed by atoms with Crippen LogP contribution in [0.25, 0.3) is 0 Å². The van der Waals surface area contributed by atoms with E-state index in [0.717, 1.165) is 44.2 Å². The summed E-state index contributed by atoms with van der Waals surface area (Å²) in [5.41, 5.74) is 0. The van der Waals surface area contributed by atoms with Crippen LogP contribution in [0.2, 0.25) is 0 Å². The minimum Gasteiger partial charge on any atom is -0.492 e. The minimum atomic E-state index is 0.108. The lowest BCUT2D eigenvalue weighted by Crippen LogP contribution is -2.41. The molecule has 132 valence electrons. The maximum atomic E-state index is 12.1. The molecular formula is C18H28N4O2. The van der Waals surface area contributed by atoms with Crippen molar-refractivity contribution in [1.82, 2.24) is 15.1 Å². The predicted octanol–water partition coefficient (Wildman–Crippen LogP) is 1.59. The molecule has 1 amide bonds. The van der Waals surface area contributed by atoms with Crippen molar-refractivity contribution < 1.29 is 9.53 Å². The zero-order valence-corrected chi connectivity index (χ0v) is 14.7. The number of nitrogens with one attached hydrogen (secondary N) is 1. The fourth-order valence-electron chi connectivity index (χ4n) is 2.60. The summed E-state index contributed by atoms with van der Waals surface area (Å²) in [5.74, 6) is 1.70. The minimum absolute atomic E-state index is 0.108. The van der Waals surface area contributed by atoms with E-state index in [-0.39, 0.29) is 12.5 Å². The van der Waals surface area contributed by atoms with Crippen LogP contribution in [0.1, 0.15) is 19.8 Å². The topological polar surface area (TPSA) is 57.2 Å². The molecule has 0 unspecified atom stereocenters. The highest BCUT2D eigenvalue weighted by Crippen LogP contribution is 2.08. The molecule has 6 nitrogen and oxygen atoms in total. The van der Waals surface area contributed by atoms with Crippen molar-refractivity contribution in [2.75, 3.05) is 46.4 Å². The second-order valence-corrected chi connectivity index (χ2v) is 5.84. The van der Waals surface area contributed by atoms with Gasteiger partial charge in [-0.1, -0.05) is 18.2 Å². The summed E-state index contributed by atoms with van der Waals surface area (Å²) >= 11 is 0. The van der Waals surface area contributed by atoms with Gasteiger partial charge >= 0.3 is 0 Å². The first kappa shape index (κ1) is 18.1. The van der Waals surface area contributed by atoms with Gasteiger partial charge in [-0.25, -0.2) is 4.99 Å². The van der Waals surface area contributed by atoms with Gasteiger partial charge in [0.2, 0.25) is 5.91 Å². The van der Waals surface area contributed by atoms with E-state index in [1.165, 1.54) is 0 Å². The number of amides is 1. The standard InChI is InChI=1S/C18H28N4O2/c1-3-19-18(20-15-17(23)22-11-7-8-12-22)21(2)13-14-24-16-9-5-4-6-10-16/h4-6,9-10H,3,7-8,11-15H2,1-2H3,(H,19,20). The predicted molar refractivity (Wildman–Crippen MR) is 96.4 cm³/mol. The molecule has 1 aromatic carbocycles. The molecule has 0 radical (unpaired) electrons. The number of carbonyl (C=O) groups excluding carboxylic acids is 1. The molecule has 6 heteroatoms. The van der Waals surface area contributed by atoms with E-state index in [9.17, 15) is 4.79 Å². The van der Waals surface area contributed by atoms with Crippen molar-refractivity contribution in [2.45, 2.75) is 19.8 Å². The Morgan fingerprint density at radius 1 is 1.29 bits per heavy atom. The Hall–Kier alpha value is -2.24. The van der Waals surface area contributed by atoms with E-state index in [4.69, 9.17) is 4.74 Å². The van der Waals surface area contributed by atoms with E-state index in [2.05, 4.69) is 10.3 Å². The van der Waals surface area contributed by atoms with Crippen molar-refractivity contribution in [3.8, 4) is 5.75 Å². The van der Waals surface area contributed by atoms with E-state index >= 15 is 0 Å². The van der Waals surface area contributed by atoms with Crippen molar-refractivity contribution in [3.05, 3.63) is 30.3 Å². The van der Waals surface area contributed by atoms with Gasteiger partial charge in [0.25, 0.3) is 0 Å². The molecule has 1 heterocycles. The molecule has 1 aliphatic rings. The normalized spacial score (nSPS) is 14.6. The second kappa shape index (κ2) is 9.80. The Morgan fingerprint density at radius 2 is 2.00 bits per heavy atom. The summed E-state index contributed by atoms with van der Waals surface area (Å²) in [6.45, 7) is 5.97. The van der Waals surface area contributed by atoms with Crippen LogP contribution in [0.4, 0.5) is 0 Å². The molecule has 0 bridgehead atoms. The molecule has 1 saturated heterocycles. The van der Waals surface area contributed by atoms with E-state index in [1.54, 1.807) is 0 Å². The number of carbonyl (C=O) groups is 1. The van der Waals surface area contributed by atoms with Crippen LogP contribution in [-0.4, -0.2) is 68.0 Å². The van der Waals surface area contributed by atoms with Crippen molar-refractivity contribution in [3.63, 3.8) is 0 Å². The van der Waals surface area contributed by atoms with Crippen LogP contribution in [-0.2, 0) is 4.79 Å². The first-order valence-corrected chi connectivity index (χ1v) is 8.65. The molecule has 1 fully saturated rings. The lowest BCUT2D eigenvalue weighted by molar-refractivity contribution is -0.128. The summed E-state index contributed by atoms with van der Waals surface area (Å²) in [7, 11) is 1.95. The van der Waals surface area contributed by atoms with Crippen molar-refractivity contribution in [2.24, 2.45) is 4.99 Å². The van der Waals surface area contributed by atoms with Gasteiger partial charge in [0.15, 0.2) is 5.96 Å². The molecule has 0 aromatic heterocycles. The van der Waals surface area contributed by atoms with Crippen LogP contribution in [0.15, 0.2) is 35.3 Å². The zero-order valence-electron chi connectivity index (χ0n) is 14.7. The third-order valence-corrected chi connectivity index (χ3v) is 3.96. The number of guanidine groups is 1. The SMILES string of the molecule is CCNC(=NCC(=O)N1CCCC1)N(C)CCOc1ccccc1. The number of likely N-dealkylation sites (N-methyl/N-ethyl adjacent to an activating group) is 1. The Kier molecular flexibility index (Phi) is 7.39. The summed E-state index contributed by atoms with van der Waals surface area (Å²) in [6.07, 6.45) is 2.21. The third-order valence-electron chi connectivity index (χ3n) is 3.96. The second-order valence-electron chi connectivity index (χ2n) is 5.84. The monoisotopic (exact) mass is 332 g/mol. The average Bonchev–Trinajstić information content (AvgIpc) is 3.14. The lowest BCUT2D eigenvalue weighted by atomic mass is 10.3.